The van der Waals surface area contributed by atoms with Gasteiger partial charge in [-0.25, -0.2) is 0 Å². The van der Waals surface area contributed by atoms with Crippen molar-refractivity contribution in [3.8, 4) is 5.75 Å². The molecular weight excluding hydrogens is 242 g/mol. The minimum Gasteiger partial charge on any atom is -0.493 e. The van der Waals surface area contributed by atoms with E-state index in [0.29, 0.717) is 0 Å². The first-order valence-corrected chi connectivity index (χ1v) is 8.15. The van der Waals surface area contributed by atoms with Gasteiger partial charge >= 0.3 is 0 Å². The van der Waals surface area contributed by atoms with Crippen LogP contribution in [0.1, 0.15) is 24.8 Å². The number of benzene rings is 1. The quantitative estimate of drug-likeness (QED) is 0.901. The lowest BCUT2D eigenvalue weighted by Gasteiger charge is -2.24. The zero-order valence-corrected chi connectivity index (χ0v) is 11.6. The summed E-state index contributed by atoms with van der Waals surface area (Å²) in [5.41, 5.74) is 2.66. The highest BCUT2D eigenvalue weighted by Crippen LogP contribution is 2.31. The molecule has 18 heavy (non-hydrogen) atoms. The first-order chi connectivity index (χ1) is 8.93. The predicted octanol–water partition coefficient (Wildman–Crippen LogP) is 3.57. The minimum atomic E-state index is 0.763. The van der Waals surface area contributed by atoms with E-state index < -0.39 is 0 Å². The molecule has 98 valence electrons. The van der Waals surface area contributed by atoms with E-state index in [2.05, 4.69) is 35.3 Å². The van der Waals surface area contributed by atoms with Gasteiger partial charge in [0.15, 0.2) is 0 Å². The zero-order chi connectivity index (χ0) is 12.2. The van der Waals surface area contributed by atoms with Crippen molar-refractivity contribution in [2.75, 3.05) is 30.0 Å². The molecule has 3 rings (SSSR count). The molecule has 3 heteroatoms. The topological polar surface area (TPSA) is 21.3 Å². The highest BCUT2D eigenvalue weighted by molar-refractivity contribution is 7.99. The van der Waals surface area contributed by atoms with Crippen molar-refractivity contribution in [3.05, 3.63) is 23.8 Å². The standard InChI is InChI=1S/C15H21NOS/c1-4-14-13(3-2-8-16-14)15(5-1)17-11-12-6-9-18-10-7-12/h1,4-5,12,16H,2-3,6-11H2. The molecule has 1 fully saturated rings. The molecule has 0 unspecified atom stereocenters. The number of nitrogens with one attached hydrogen (secondary N) is 1. The molecule has 0 atom stereocenters. The van der Waals surface area contributed by atoms with Crippen LogP contribution in [0.25, 0.3) is 0 Å². The van der Waals surface area contributed by atoms with Gasteiger partial charge in [0.25, 0.3) is 0 Å². The van der Waals surface area contributed by atoms with Crippen LogP contribution in [0, 0.1) is 5.92 Å². The summed E-state index contributed by atoms with van der Waals surface area (Å²) in [4.78, 5) is 0. The van der Waals surface area contributed by atoms with Crippen molar-refractivity contribution in [1.29, 1.82) is 0 Å². The Hall–Kier alpha value is -0.830. The Balaban J connectivity index is 1.65. The van der Waals surface area contributed by atoms with E-state index in [9.17, 15) is 0 Å². The average molecular weight is 263 g/mol. The highest BCUT2D eigenvalue weighted by atomic mass is 32.2. The maximum absolute atomic E-state index is 6.09. The summed E-state index contributed by atoms with van der Waals surface area (Å²) in [6, 6.07) is 6.39. The van der Waals surface area contributed by atoms with E-state index in [1.807, 2.05) is 0 Å². The Kier molecular flexibility index (Phi) is 3.99. The molecule has 0 saturated carbocycles. The smallest absolute Gasteiger partial charge is 0.124 e. The number of hydrogen-bond donors (Lipinski definition) is 1. The van der Waals surface area contributed by atoms with Crippen LogP contribution in [-0.4, -0.2) is 24.7 Å². The van der Waals surface area contributed by atoms with Crippen molar-refractivity contribution in [2.24, 2.45) is 5.92 Å². The number of hydrogen-bond acceptors (Lipinski definition) is 3. The Morgan fingerprint density at radius 3 is 3.06 bits per heavy atom. The molecular formula is C15H21NOS. The Bertz CT molecular complexity index is 401. The molecule has 2 aliphatic rings. The number of fused-ring (bicyclic) bond motifs is 1. The molecule has 2 nitrogen and oxygen atoms in total. The third-order valence-electron chi connectivity index (χ3n) is 3.87. The number of thioether (sulfide) groups is 1. The van der Waals surface area contributed by atoms with E-state index >= 15 is 0 Å². The second kappa shape index (κ2) is 5.87. The Morgan fingerprint density at radius 2 is 2.17 bits per heavy atom. The molecule has 2 aliphatic heterocycles. The van der Waals surface area contributed by atoms with E-state index in [1.165, 1.54) is 42.0 Å². The number of anilines is 1. The largest absolute Gasteiger partial charge is 0.493 e. The molecule has 1 saturated heterocycles. The normalized spacial score (nSPS) is 20.0. The van der Waals surface area contributed by atoms with E-state index in [0.717, 1.165) is 31.2 Å². The first kappa shape index (κ1) is 12.2. The van der Waals surface area contributed by atoms with Crippen molar-refractivity contribution < 1.29 is 4.74 Å². The Labute approximate surface area is 113 Å². The zero-order valence-electron chi connectivity index (χ0n) is 10.8. The number of ether oxygens (including phenoxy) is 1. The molecule has 1 aromatic rings. The summed E-state index contributed by atoms with van der Waals surface area (Å²) in [5, 5.41) is 3.46. The lowest BCUT2D eigenvalue weighted by Crippen LogP contribution is -2.19. The van der Waals surface area contributed by atoms with E-state index in [-0.39, 0.29) is 0 Å². The van der Waals surface area contributed by atoms with Crippen LogP contribution in [0.5, 0.6) is 5.75 Å². The summed E-state index contributed by atoms with van der Waals surface area (Å²) in [6.45, 7) is 1.99. The van der Waals surface area contributed by atoms with E-state index in [1.54, 1.807) is 0 Å². The van der Waals surface area contributed by atoms with Gasteiger partial charge in [-0.1, -0.05) is 6.07 Å². The Morgan fingerprint density at radius 1 is 1.28 bits per heavy atom. The van der Waals surface area contributed by atoms with E-state index in [4.69, 9.17) is 4.74 Å². The summed E-state index contributed by atoms with van der Waals surface area (Å²) < 4.78 is 6.09. The van der Waals surface area contributed by atoms with Crippen LogP contribution in [0.4, 0.5) is 5.69 Å². The second-order valence-corrected chi connectivity index (χ2v) is 6.40. The third kappa shape index (κ3) is 2.77. The van der Waals surface area contributed by atoms with Gasteiger partial charge < -0.3 is 10.1 Å². The van der Waals surface area contributed by atoms with Crippen LogP contribution in [0.3, 0.4) is 0 Å². The van der Waals surface area contributed by atoms with Crippen LogP contribution in [0.15, 0.2) is 18.2 Å². The lowest BCUT2D eigenvalue weighted by atomic mass is 10.0. The molecule has 2 heterocycles. The van der Waals surface area contributed by atoms with Gasteiger partial charge in [-0.2, -0.15) is 11.8 Å². The van der Waals surface area contributed by atoms with Crippen LogP contribution in [-0.2, 0) is 6.42 Å². The fourth-order valence-corrected chi connectivity index (χ4v) is 3.94. The maximum atomic E-state index is 6.09. The maximum Gasteiger partial charge on any atom is 0.124 e. The van der Waals surface area contributed by atoms with Crippen molar-refractivity contribution in [3.63, 3.8) is 0 Å². The molecule has 1 N–H and O–H groups in total. The van der Waals surface area contributed by atoms with Crippen LogP contribution in [0.2, 0.25) is 0 Å². The molecule has 0 aliphatic carbocycles. The molecule has 1 aromatic carbocycles. The molecule has 0 spiro atoms. The van der Waals surface area contributed by atoms with Crippen molar-refractivity contribution in [2.45, 2.75) is 25.7 Å². The molecule has 0 radical (unpaired) electrons. The van der Waals surface area contributed by atoms with Gasteiger partial charge in [-0.3, -0.25) is 0 Å². The number of rotatable bonds is 3. The first-order valence-electron chi connectivity index (χ1n) is 7.00. The van der Waals surface area contributed by atoms with Gasteiger partial charge in [0.1, 0.15) is 5.75 Å². The molecule has 0 bridgehead atoms. The van der Waals surface area contributed by atoms with Gasteiger partial charge in [0.05, 0.1) is 6.61 Å². The van der Waals surface area contributed by atoms with Crippen LogP contribution >= 0.6 is 11.8 Å². The van der Waals surface area contributed by atoms with Gasteiger partial charge in [0.2, 0.25) is 0 Å². The molecule has 0 amide bonds. The lowest BCUT2D eigenvalue weighted by molar-refractivity contribution is 0.238. The fraction of sp³-hybridized carbons (Fsp3) is 0.600. The van der Waals surface area contributed by atoms with Crippen molar-refractivity contribution in [1.82, 2.24) is 0 Å². The van der Waals surface area contributed by atoms with Crippen molar-refractivity contribution >= 4 is 17.4 Å². The average Bonchev–Trinajstić information content (AvgIpc) is 2.46. The van der Waals surface area contributed by atoms with Gasteiger partial charge in [-0.15, -0.1) is 0 Å². The summed E-state index contributed by atoms with van der Waals surface area (Å²) in [5.74, 6) is 4.49. The van der Waals surface area contributed by atoms with Crippen LogP contribution < -0.4 is 10.1 Å². The SMILES string of the molecule is c1cc2c(c(OCC3CCSCC3)c1)CCCN2. The van der Waals surface area contributed by atoms with Gasteiger partial charge in [-0.05, 0) is 55.2 Å². The summed E-state index contributed by atoms with van der Waals surface area (Å²) >= 11 is 2.08. The summed E-state index contributed by atoms with van der Waals surface area (Å²) in [7, 11) is 0. The fourth-order valence-electron chi connectivity index (χ4n) is 2.73. The third-order valence-corrected chi connectivity index (χ3v) is 4.92. The summed E-state index contributed by atoms with van der Waals surface area (Å²) in [6.07, 6.45) is 5.00. The second-order valence-electron chi connectivity index (χ2n) is 5.18. The highest BCUT2D eigenvalue weighted by Gasteiger charge is 2.17. The molecule has 0 aromatic heterocycles. The monoisotopic (exact) mass is 263 g/mol. The minimum absolute atomic E-state index is 0.763. The van der Waals surface area contributed by atoms with Gasteiger partial charge in [0, 0.05) is 17.8 Å². The predicted molar refractivity (Wildman–Crippen MR) is 78.8 cm³/mol.